The Labute approximate surface area is 264 Å². The quantitative estimate of drug-likeness (QED) is 0.183. The number of imidazole rings is 1. The number of rotatable bonds is 9. The molecule has 3 heterocycles. The van der Waals surface area contributed by atoms with Gasteiger partial charge in [-0.1, -0.05) is 72.8 Å². The van der Waals surface area contributed by atoms with Crippen LogP contribution in [0.4, 0.5) is 0 Å². The van der Waals surface area contributed by atoms with Crippen molar-refractivity contribution in [1.82, 2.24) is 20.2 Å². The van der Waals surface area contributed by atoms with Crippen LogP contribution in [0.2, 0.25) is 0 Å². The fraction of sp³-hybridized carbons (Fsp3) is 0.432. The minimum Gasteiger partial charge on any atom is -0.481 e. The summed E-state index contributed by atoms with van der Waals surface area (Å²) in [6.45, 7) is 8.01. The molecule has 5 atom stereocenters. The first-order valence-corrected chi connectivity index (χ1v) is 16.1. The topological polar surface area (TPSA) is 119 Å². The SMILES string of the molecule is CC1NC(C)C(CCCN2CCC(c3ccccc3)(c3ccccc3)CC2)(C(=O)O)C(c2cccc3[nH]cnc23)C1(C)C(=O)O. The van der Waals surface area contributed by atoms with Crippen molar-refractivity contribution in [3.63, 3.8) is 0 Å². The van der Waals surface area contributed by atoms with E-state index >= 15 is 0 Å². The molecular weight excluding hydrogens is 564 g/mol. The first-order chi connectivity index (χ1) is 21.6. The maximum Gasteiger partial charge on any atom is 0.311 e. The summed E-state index contributed by atoms with van der Waals surface area (Å²) in [5.74, 6) is -2.78. The minimum atomic E-state index is -1.38. The van der Waals surface area contributed by atoms with Crippen molar-refractivity contribution in [2.24, 2.45) is 10.8 Å². The van der Waals surface area contributed by atoms with Crippen LogP contribution < -0.4 is 5.32 Å². The van der Waals surface area contributed by atoms with E-state index < -0.39 is 40.8 Å². The molecule has 0 saturated carbocycles. The zero-order valence-electron chi connectivity index (χ0n) is 26.4. The Bertz CT molecular complexity index is 1610. The highest BCUT2D eigenvalue weighted by Gasteiger charge is 2.65. The molecule has 2 aliphatic heterocycles. The van der Waals surface area contributed by atoms with E-state index in [-0.39, 0.29) is 5.41 Å². The molecule has 8 nitrogen and oxygen atoms in total. The third-order valence-electron chi connectivity index (χ3n) is 11.4. The van der Waals surface area contributed by atoms with Crippen LogP contribution in [0.5, 0.6) is 0 Å². The molecule has 2 aliphatic rings. The Balaban J connectivity index is 1.28. The molecule has 0 amide bonds. The minimum absolute atomic E-state index is 0.0596. The second-order valence-electron chi connectivity index (χ2n) is 13.4. The second kappa shape index (κ2) is 12.1. The fourth-order valence-electron chi connectivity index (χ4n) is 8.65. The maximum absolute atomic E-state index is 13.6. The Kier molecular flexibility index (Phi) is 8.31. The number of aromatic amines is 1. The predicted octanol–water partition coefficient (Wildman–Crippen LogP) is 6.05. The molecule has 3 aromatic carbocycles. The van der Waals surface area contributed by atoms with Crippen molar-refractivity contribution in [1.29, 1.82) is 0 Å². The van der Waals surface area contributed by atoms with Crippen LogP contribution in [-0.4, -0.2) is 68.7 Å². The zero-order valence-corrected chi connectivity index (χ0v) is 26.4. The van der Waals surface area contributed by atoms with Gasteiger partial charge in [-0.05, 0) is 88.8 Å². The largest absolute Gasteiger partial charge is 0.481 e. The number of para-hydroxylation sites is 1. The van der Waals surface area contributed by atoms with Crippen LogP contribution in [0.15, 0.2) is 85.2 Å². The third-order valence-corrected chi connectivity index (χ3v) is 11.4. The van der Waals surface area contributed by atoms with Gasteiger partial charge in [0, 0.05) is 23.4 Å². The van der Waals surface area contributed by atoms with Crippen molar-refractivity contribution in [3.05, 3.63) is 102 Å². The molecule has 8 heteroatoms. The van der Waals surface area contributed by atoms with Gasteiger partial charge in [-0.3, -0.25) is 9.59 Å². The highest BCUT2D eigenvalue weighted by molar-refractivity contribution is 5.87. The van der Waals surface area contributed by atoms with E-state index in [1.807, 2.05) is 32.0 Å². The fourth-order valence-corrected chi connectivity index (χ4v) is 8.65. The number of aromatic nitrogens is 2. The van der Waals surface area contributed by atoms with E-state index in [0.717, 1.165) is 38.0 Å². The average molecular weight is 609 g/mol. The van der Waals surface area contributed by atoms with Crippen molar-refractivity contribution >= 4 is 23.0 Å². The summed E-state index contributed by atoms with van der Waals surface area (Å²) in [7, 11) is 0. The van der Waals surface area contributed by atoms with Gasteiger partial charge in [-0.15, -0.1) is 0 Å². The van der Waals surface area contributed by atoms with E-state index in [9.17, 15) is 19.8 Å². The van der Waals surface area contributed by atoms with Gasteiger partial charge in [0.25, 0.3) is 0 Å². The van der Waals surface area contributed by atoms with Gasteiger partial charge in [0.05, 0.1) is 28.2 Å². The average Bonchev–Trinajstić information content (AvgIpc) is 3.54. The first kappa shape index (κ1) is 31.0. The second-order valence-corrected chi connectivity index (χ2v) is 13.4. The van der Waals surface area contributed by atoms with E-state index in [4.69, 9.17) is 0 Å². The van der Waals surface area contributed by atoms with Crippen molar-refractivity contribution in [3.8, 4) is 0 Å². The molecule has 0 radical (unpaired) electrons. The number of nitrogens with one attached hydrogen (secondary N) is 2. The molecule has 5 unspecified atom stereocenters. The molecule has 2 saturated heterocycles. The number of nitrogens with zero attached hydrogens (tertiary/aromatic N) is 2. The Morgan fingerprint density at radius 2 is 1.49 bits per heavy atom. The molecule has 0 bridgehead atoms. The lowest BCUT2D eigenvalue weighted by Gasteiger charge is -2.56. The lowest BCUT2D eigenvalue weighted by Crippen LogP contribution is -2.68. The van der Waals surface area contributed by atoms with Gasteiger partial charge in [-0.2, -0.15) is 0 Å². The van der Waals surface area contributed by atoms with Gasteiger partial charge < -0.3 is 25.4 Å². The molecule has 236 valence electrons. The standard InChI is InChI=1S/C37H44N4O4/c1-25-35(3,33(42)43)32(29-16-10-17-30-31(29)39-24-38-30)37(34(44)45,26(2)40-25)18-11-21-41-22-19-36(20-23-41,27-12-6-4-7-13-27)28-14-8-5-9-15-28/h4-10,12-17,24-26,32,40H,11,18-23H2,1-3H3,(H,38,39)(H,42,43)(H,44,45). The molecule has 6 rings (SSSR count). The van der Waals surface area contributed by atoms with Gasteiger partial charge in [-0.25, -0.2) is 4.98 Å². The predicted molar refractivity (Wildman–Crippen MR) is 175 cm³/mol. The van der Waals surface area contributed by atoms with Crippen molar-refractivity contribution in [2.75, 3.05) is 19.6 Å². The summed E-state index contributed by atoms with van der Waals surface area (Å²) in [5.41, 5.74) is 1.95. The summed E-state index contributed by atoms with van der Waals surface area (Å²) in [4.78, 5) is 36.8. The molecule has 0 aliphatic carbocycles. The number of likely N-dealkylation sites (tertiary alicyclic amines) is 1. The Morgan fingerprint density at radius 3 is 2.07 bits per heavy atom. The molecule has 45 heavy (non-hydrogen) atoms. The van der Waals surface area contributed by atoms with Crippen LogP contribution in [0, 0.1) is 10.8 Å². The number of fused-ring (bicyclic) bond motifs is 1. The number of carboxylic acid groups (broad SMARTS) is 2. The number of carboxylic acids is 2. The number of piperidine rings is 2. The number of hydrogen-bond donors (Lipinski definition) is 4. The number of benzene rings is 3. The zero-order chi connectivity index (χ0) is 31.8. The van der Waals surface area contributed by atoms with E-state index in [1.165, 1.54) is 11.1 Å². The van der Waals surface area contributed by atoms with E-state index in [2.05, 4.69) is 80.8 Å². The van der Waals surface area contributed by atoms with Gasteiger partial charge in [0.2, 0.25) is 0 Å². The highest BCUT2D eigenvalue weighted by atomic mass is 16.4. The molecule has 0 spiro atoms. The van der Waals surface area contributed by atoms with E-state index in [1.54, 1.807) is 13.3 Å². The van der Waals surface area contributed by atoms with Crippen LogP contribution in [0.1, 0.15) is 69.1 Å². The van der Waals surface area contributed by atoms with Crippen LogP contribution in [-0.2, 0) is 15.0 Å². The number of aliphatic carboxylic acids is 2. The third kappa shape index (κ3) is 5.04. The van der Waals surface area contributed by atoms with Crippen molar-refractivity contribution < 1.29 is 19.8 Å². The van der Waals surface area contributed by atoms with Gasteiger partial charge in [0.1, 0.15) is 0 Å². The van der Waals surface area contributed by atoms with Crippen LogP contribution in [0.25, 0.3) is 11.0 Å². The van der Waals surface area contributed by atoms with E-state index in [0.29, 0.717) is 23.9 Å². The number of H-pyrrole nitrogens is 1. The molecule has 2 fully saturated rings. The summed E-state index contributed by atoms with van der Waals surface area (Å²) < 4.78 is 0. The molecule has 4 N–H and O–H groups in total. The number of carbonyl (C=O) groups is 2. The van der Waals surface area contributed by atoms with Crippen LogP contribution in [0.3, 0.4) is 0 Å². The van der Waals surface area contributed by atoms with Gasteiger partial charge in [0.15, 0.2) is 0 Å². The summed E-state index contributed by atoms with van der Waals surface area (Å²) in [5, 5.41) is 25.2. The first-order valence-electron chi connectivity index (χ1n) is 16.1. The normalized spacial score (nSPS) is 28.6. The highest BCUT2D eigenvalue weighted by Crippen LogP contribution is 2.58. The molecule has 1 aromatic heterocycles. The molecular formula is C37H44N4O4. The van der Waals surface area contributed by atoms with Crippen molar-refractivity contribution in [2.45, 2.75) is 69.9 Å². The summed E-state index contributed by atoms with van der Waals surface area (Å²) in [6.07, 6.45) is 4.52. The lowest BCUT2D eigenvalue weighted by molar-refractivity contribution is -0.171. The molecule has 4 aromatic rings. The Hall–Kier alpha value is -4.01. The monoisotopic (exact) mass is 608 g/mol. The van der Waals surface area contributed by atoms with Gasteiger partial charge >= 0.3 is 11.9 Å². The van der Waals surface area contributed by atoms with Crippen LogP contribution >= 0.6 is 0 Å². The lowest BCUT2D eigenvalue weighted by atomic mass is 9.51. The number of hydrogen-bond acceptors (Lipinski definition) is 5. The summed E-state index contributed by atoms with van der Waals surface area (Å²) >= 11 is 0. The maximum atomic E-state index is 13.6. The smallest absolute Gasteiger partial charge is 0.311 e. The summed E-state index contributed by atoms with van der Waals surface area (Å²) in [6, 6.07) is 26.2. The Morgan fingerprint density at radius 1 is 0.867 bits per heavy atom.